The zero-order chi connectivity index (χ0) is 11.2. The van der Waals surface area contributed by atoms with Crippen LogP contribution in [0.15, 0.2) is 0 Å². The van der Waals surface area contributed by atoms with Crippen LogP contribution in [0.3, 0.4) is 0 Å². The molecular formula is C9H15ClO2S2. The number of carbonyl (C=O) groups excluding carboxylic acids is 1. The lowest BCUT2D eigenvalue weighted by Crippen LogP contribution is -2.69. The number of halogens is 1. The van der Waals surface area contributed by atoms with Crippen molar-refractivity contribution in [2.24, 2.45) is 10.8 Å². The van der Waals surface area contributed by atoms with Gasteiger partial charge in [0.25, 0.3) is 0 Å². The largest absolute Gasteiger partial charge is 0.308 e. The Bertz CT molecular complexity index is 246. The lowest BCUT2D eigenvalue weighted by molar-refractivity contribution is -0.153. The van der Waals surface area contributed by atoms with E-state index in [0.29, 0.717) is 0 Å². The van der Waals surface area contributed by atoms with Crippen molar-refractivity contribution in [1.82, 2.24) is 0 Å². The van der Waals surface area contributed by atoms with Crippen molar-refractivity contribution in [2.75, 3.05) is 7.11 Å². The second-order valence-electron chi connectivity index (χ2n) is 4.49. The minimum atomic E-state index is -0.586. The number of hydrogen-bond donors (Lipinski definition) is 0. The minimum Gasteiger partial charge on any atom is -0.308 e. The molecule has 0 aromatic rings. The van der Waals surface area contributed by atoms with Gasteiger partial charge < -0.3 is 4.18 Å². The first-order valence-electron chi connectivity index (χ1n) is 4.34. The van der Waals surface area contributed by atoms with E-state index in [0.717, 1.165) is 0 Å². The van der Waals surface area contributed by atoms with Crippen molar-refractivity contribution in [2.45, 2.75) is 31.9 Å². The highest BCUT2D eigenvalue weighted by Gasteiger charge is 2.72. The second kappa shape index (κ2) is 3.58. The van der Waals surface area contributed by atoms with Gasteiger partial charge in [0.2, 0.25) is 0 Å². The van der Waals surface area contributed by atoms with Gasteiger partial charge >= 0.3 is 0 Å². The zero-order valence-electron chi connectivity index (χ0n) is 9.01. The zero-order valence-corrected chi connectivity index (χ0v) is 11.4. The third-order valence-electron chi connectivity index (χ3n) is 2.96. The third kappa shape index (κ3) is 1.34. The molecule has 0 unspecified atom stereocenters. The molecule has 0 N–H and O–H groups in total. The van der Waals surface area contributed by atoms with Crippen molar-refractivity contribution >= 4 is 39.3 Å². The molecule has 1 fully saturated rings. The summed E-state index contributed by atoms with van der Waals surface area (Å²) in [7, 11) is 3.02. The normalized spacial score (nSPS) is 27.1. The first kappa shape index (κ1) is 12.7. The van der Waals surface area contributed by atoms with Crippen molar-refractivity contribution < 1.29 is 8.98 Å². The second-order valence-corrected chi connectivity index (χ2v) is 7.44. The van der Waals surface area contributed by atoms with E-state index in [4.69, 9.17) is 15.8 Å². The van der Waals surface area contributed by atoms with Crippen LogP contribution >= 0.6 is 33.5 Å². The Morgan fingerprint density at radius 1 is 1.21 bits per heavy atom. The minimum absolute atomic E-state index is 0.212. The third-order valence-corrected chi connectivity index (χ3v) is 7.23. The van der Waals surface area contributed by atoms with Gasteiger partial charge in [-0.3, -0.25) is 4.79 Å². The molecule has 1 aliphatic carbocycles. The Hall–Kier alpha value is 0.620. The van der Waals surface area contributed by atoms with Crippen LogP contribution in [0.25, 0.3) is 0 Å². The smallest absolute Gasteiger partial charge is 0.149 e. The molecule has 5 heteroatoms. The predicted octanol–water partition coefficient (Wildman–Crippen LogP) is 3.50. The number of carbonyl (C=O) groups is 1. The maximum Gasteiger partial charge on any atom is 0.149 e. The summed E-state index contributed by atoms with van der Waals surface area (Å²) >= 11 is 7.74. The van der Waals surface area contributed by atoms with Crippen LogP contribution in [0.2, 0.25) is 0 Å². The fourth-order valence-corrected chi connectivity index (χ4v) is 4.98. The van der Waals surface area contributed by atoms with Crippen LogP contribution in [0, 0.1) is 10.8 Å². The van der Waals surface area contributed by atoms with Gasteiger partial charge in [-0.2, -0.15) is 0 Å². The number of ketones is 1. The molecule has 0 aromatic heterocycles. The SMILES string of the molecule is COSSC1(Cl)C(C)(C)C(=O)C1(C)C. The number of alkyl halides is 1. The molecule has 0 spiro atoms. The van der Waals surface area contributed by atoms with Gasteiger partial charge in [-0.25, -0.2) is 0 Å². The van der Waals surface area contributed by atoms with Gasteiger partial charge in [0.15, 0.2) is 0 Å². The molecule has 0 amide bonds. The van der Waals surface area contributed by atoms with Crippen molar-refractivity contribution in [3.8, 4) is 0 Å². The summed E-state index contributed by atoms with van der Waals surface area (Å²) in [5.74, 6) is 0.212. The molecule has 1 rings (SSSR count). The fourth-order valence-electron chi connectivity index (χ4n) is 2.08. The van der Waals surface area contributed by atoms with Crippen LogP contribution in [-0.2, 0) is 8.98 Å². The van der Waals surface area contributed by atoms with Crippen LogP contribution < -0.4 is 0 Å². The van der Waals surface area contributed by atoms with Crippen molar-refractivity contribution in [3.05, 3.63) is 0 Å². The summed E-state index contributed by atoms with van der Waals surface area (Å²) in [6.45, 7) is 7.54. The monoisotopic (exact) mass is 254 g/mol. The Kier molecular flexibility index (Phi) is 3.24. The van der Waals surface area contributed by atoms with Crippen molar-refractivity contribution in [3.63, 3.8) is 0 Å². The molecule has 0 saturated heterocycles. The summed E-state index contributed by atoms with van der Waals surface area (Å²) in [5.41, 5.74) is -0.984. The molecule has 2 nitrogen and oxygen atoms in total. The van der Waals surface area contributed by atoms with Crippen LogP contribution in [-0.4, -0.2) is 17.1 Å². The first-order chi connectivity index (χ1) is 6.22. The van der Waals surface area contributed by atoms with E-state index < -0.39 is 15.0 Å². The molecule has 0 atom stereocenters. The molecule has 1 saturated carbocycles. The predicted molar refractivity (Wildman–Crippen MR) is 63.3 cm³/mol. The van der Waals surface area contributed by atoms with Crippen molar-refractivity contribution in [1.29, 1.82) is 0 Å². The summed E-state index contributed by atoms with van der Waals surface area (Å²) in [6, 6.07) is 0. The van der Waals surface area contributed by atoms with Gasteiger partial charge in [-0.05, 0) is 10.8 Å². The van der Waals surface area contributed by atoms with E-state index in [1.54, 1.807) is 7.11 Å². The summed E-state index contributed by atoms with van der Waals surface area (Å²) in [6.07, 6.45) is 0. The molecule has 0 heterocycles. The Labute approximate surface area is 98.1 Å². The first-order valence-corrected chi connectivity index (χ1v) is 6.79. The van der Waals surface area contributed by atoms with Gasteiger partial charge in [0.05, 0.1) is 29.0 Å². The van der Waals surface area contributed by atoms with Gasteiger partial charge in [-0.15, -0.1) is 11.6 Å². The molecule has 0 aliphatic heterocycles. The van der Waals surface area contributed by atoms with E-state index in [2.05, 4.69) is 0 Å². The molecule has 14 heavy (non-hydrogen) atoms. The number of hydrogen-bond acceptors (Lipinski definition) is 4. The van der Waals surface area contributed by atoms with E-state index >= 15 is 0 Å². The number of rotatable bonds is 3. The highest BCUT2D eigenvalue weighted by molar-refractivity contribution is 8.75. The molecule has 1 aliphatic rings. The molecule has 0 aromatic carbocycles. The van der Waals surface area contributed by atoms with E-state index in [1.165, 1.54) is 21.9 Å². The summed E-state index contributed by atoms with van der Waals surface area (Å²) in [4.78, 5) is 11.8. The summed E-state index contributed by atoms with van der Waals surface area (Å²) < 4.78 is 4.33. The van der Waals surface area contributed by atoms with Crippen LogP contribution in [0.5, 0.6) is 0 Å². The Morgan fingerprint density at radius 2 is 1.64 bits per heavy atom. The molecule has 0 bridgehead atoms. The quantitative estimate of drug-likeness (QED) is 0.438. The average molecular weight is 255 g/mol. The summed E-state index contributed by atoms with van der Waals surface area (Å²) in [5, 5.41) is 0. The average Bonchev–Trinajstić information content (AvgIpc) is 2.11. The topological polar surface area (TPSA) is 26.3 Å². The lowest BCUT2D eigenvalue weighted by Gasteiger charge is -2.60. The van der Waals surface area contributed by atoms with E-state index in [9.17, 15) is 4.79 Å². The highest BCUT2D eigenvalue weighted by Crippen LogP contribution is 2.69. The van der Waals surface area contributed by atoms with Crippen LogP contribution in [0.4, 0.5) is 0 Å². The maximum atomic E-state index is 11.8. The lowest BCUT2D eigenvalue weighted by atomic mass is 9.54. The highest BCUT2D eigenvalue weighted by atomic mass is 35.5. The Balaban J connectivity index is 2.91. The molecular weight excluding hydrogens is 240 g/mol. The Morgan fingerprint density at radius 3 is 2.00 bits per heavy atom. The molecule has 82 valence electrons. The maximum absolute atomic E-state index is 11.8. The number of Topliss-reactive ketones (excluding diaryl/α,β-unsaturated/α-hetero) is 1. The molecule has 0 radical (unpaired) electrons. The van der Waals surface area contributed by atoms with E-state index in [-0.39, 0.29) is 5.78 Å². The fraction of sp³-hybridized carbons (Fsp3) is 0.889. The van der Waals surface area contributed by atoms with E-state index in [1.807, 2.05) is 27.7 Å². The van der Waals surface area contributed by atoms with Gasteiger partial charge in [0, 0.05) is 0 Å². The van der Waals surface area contributed by atoms with Crippen LogP contribution in [0.1, 0.15) is 27.7 Å². The van der Waals surface area contributed by atoms with Gasteiger partial charge in [0.1, 0.15) is 9.99 Å². The standard InChI is InChI=1S/C9H15ClO2S2/c1-7(2)6(11)8(3,4)9(7,10)13-14-12-5/h1-5H3. The van der Waals surface area contributed by atoms with Gasteiger partial charge in [-0.1, -0.05) is 27.7 Å².